The first-order chi connectivity index (χ1) is 8.50. The van der Waals surface area contributed by atoms with Gasteiger partial charge in [-0.3, -0.25) is 4.79 Å². The molecule has 0 aliphatic rings. The Morgan fingerprint density at radius 3 is 2.37 bits per heavy atom. The quantitative estimate of drug-likeness (QED) is 0.815. The van der Waals surface area contributed by atoms with E-state index >= 15 is 0 Å². The molecule has 0 heterocycles. The molecule has 0 saturated heterocycles. The number of carbonyl (C=O) groups is 1. The summed E-state index contributed by atoms with van der Waals surface area (Å²) in [4.78, 5) is 12.3. The van der Waals surface area contributed by atoms with E-state index in [2.05, 4.69) is 42.0 Å². The Kier molecular flexibility index (Phi) is 5.08. The highest BCUT2D eigenvalue weighted by atomic mass is 79.9. The van der Waals surface area contributed by atoms with Gasteiger partial charge in [0.15, 0.2) is 0 Å². The maximum absolute atomic E-state index is 12.3. The standard InChI is InChI=1S/C15H21BrClNO/c1-14(2,3)9-15(4,5)18-13(19)11-8-10(16)6-7-12(11)17/h6-8H,9H2,1-5H3,(H,18,19). The molecular weight excluding hydrogens is 326 g/mol. The van der Waals surface area contributed by atoms with E-state index in [9.17, 15) is 4.79 Å². The summed E-state index contributed by atoms with van der Waals surface area (Å²) >= 11 is 9.43. The van der Waals surface area contributed by atoms with Gasteiger partial charge in [-0.1, -0.05) is 48.3 Å². The molecule has 0 bridgehead atoms. The van der Waals surface area contributed by atoms with E-state index in [1.165, 1.54) is 0 Å². The fourth-order valence-electron chi connectivity index (χ4n) is 2.42. The molecule has 106 valence electrons. The lowest BCUT2D eigenvalue weighted by molar-refractivity contribution is 0.0891. The topological polar surface area (TPSA) is 29.1 Å². The SMILES string of the molecule is CC(C)(C)CC(C)(C)NC(=O)c1cc(Br)ccc1Cl. The third kappa shape index (κ3) is 5.53. The van der Waals surface area contributed by atoms with Crippen LogP contribution in [0.1, 0.15) is 51.4 Å². The Morgan fingerprint density at radius 2 is 1.84 bits per heavy atom. The number of amides is 1. The van der Waals surface area contributed by atoms with Crippen molar-refractivity contribution in [2.45, 2.75) is 46.6 Å². The van der Waals surface area contributed by atoms with Crippen LogP contribution >= 0.6 is 27.5 Å². The van der Waals surface area contributed by atoms with Gasteiger partial charge in [-0.2, -0.15) is 0 Å². The molecule has 0 aromatic heterocycles. The first-order valence-electron chi connectivity index (χ1n) is 6.28. The minimum absolute atomic E-state index is 0.138. The monoisotopic (exact) mass is 345 g/mol. The lowest BCUT2D eigenvalue weighted by atomic mass is 9.81. The van der Waals surface area contributed by atoms with Crippen LogP contribution in [0.2, 0.25) is 5.02 Å². The zero-order valence-corrected chi connectivity index (χ0v) is 14.4. The molecule has 0 saturated carbocycles. The van der Waals surface area contributed by atoms with Gasteiger partial charge < -0.3 is 5.32 Å². The lowest BCUT2D eigenvalue weighted by Crippen LogP contribution is -2.45. The largest absolute Gasteiger partial charge is 0.347 e. The van der Waals surface area contributed by atoms with Crippen LogP contribution in [0.5, 0.6) is 0 Å². The molecule has 1 amide bonds. The first-order valence-corrected chi connectivity index (χ1v) is 7.45. The maximum Gasteiger partial charge on any atom is 0.253 e. The van der Waals surface area contributed by atoms with Crippen molar-refractivity contribution in [3.63, 3.8) is 0 Å². The van der Waals surface area contributed by atoms with Crippen LogP contribution in [0.15, 0.2) is 22.7 Å². The Bertz CT molecular complexity index is 478. The van der Waals surface area contributed by atoms with Gasteiger partial charge in [-0.05, 0) is 43.9 Å². The number of hydrogen-bond donors (Lipinski definition) is 1. The number of rotatable bonds is 3. The number of carbonyl (C=O) groups excluding carboxylic acids is 1. The Hall–Kier alpha value is -0.540. The molecule has 19 heavy (non-hydrogen) atoms. The van der Waals surface area contributed by atoms with Crippen molar-refractivity contribution < 1.29 is 4.79 Å². The zero-order valence-electron chi connectivity index (χ0n) is 12.1. The molecule has 0 radical (unpaired) electrons. The van der Waals surface area contributed by atoms with Crippen LogP contribution in [-0.4, -0.2) is 11.4 Å². The Balaban J connectivity index is 2.87. The van der Waals surface area contributed by atoms with Gasteiger partial charge in [0, 0.05) is 10.0 Å². The van der Waals surface area contributed by atoms with Crippen molar-refractivity contribution in [2.24, 2.45) is 5.41 Å². The van der Waals surface area contributed by atoms with Crippen LogP contribution in [0.3, 0.4) is 0 Å². The minimum atomic E-state index is -0.277. The minimum Gasteiger partial charge on any atom is -0.347 e. The fourth-order valence-corrected chi connectivity index (χ4v) is 2.98. The molecule has 0 fully saturated rings. The fraction of sp³-hybridized carbons (Fsp3) is 0.533. The summed E-state index contributed by atoms with van der Waals surface area (Å²) in [6.45, 7) is 10.5. The molecule has 0 aliphatic heterocycles. The summed E-state index contributed by atoms with van der Waals surface area (Å²) in [5, 5.41) is 3.52. The van der Waals surface area contributed by atoms with E-state index in [0.29, 0.717) is 10.6 Å². The predicted molar refractivity (Wildman–Crippen MR) is 84.8 cm³/mol. The van der Waals surface area contributed by atoms with Gasteiger partial charge in [-0.15, -0.1) is 0 Å². The summed E-state index contributed by atoms with van der Waals surface area (Å²) in [7, 11) is 0. The van der Waals surface area contributed by atoms with Gasteiger partial charge in [-0.25, -0.2) is 0 Å². The van der Waals surface area contributed by atoms with Crippen molar-refractivity contribution in [3.05, 3.63) is 33.3 Å². The number of nitrogens with one attached hydrogen (secondary N) is 1. The van der Waals surface area contributed by atoms with Crippen LogP contribution in [-0.2, 0) is 0 Å². The third-order valence-corrected chi connectivity index (χ3v) is 3.42. The molecule has 1 aromatic rings. The first kappa shape index (κ1) is 16.5. The molecule has 1 N–H and O–H groups in total. The van der Waals surface area contributed by atoms with Crippen molar-refractivity contribution in [2.75, 3.05) is 0 Å². The molecule has 0 aliphatic carbocycles. The molecule has 0 spiro atoms. The Labute approximate surface area is 129 Å². The summed E-state index contributed by atoms with van der Waals surface area (Å²) in [5.41, 5.74) is 0.372. The zero-order chi connectivity index (χ0) is 14.8. The van der Waals surface area contributed by atoms with Crippen LogP contribution in [0, 0.1) is 5.41 Å². The predicted octanol–water partition coefficient (Wildman–Crippen LogP) is 5.05. The number of benzene rings is 1. The van der Waals surface area contributed by atoms with Crippen LogP contribution in [0.25, 0.3) is 0 Å². The molecule has 1 aromatic carbocycles. The van der Waals surface area contributed by atoms with E-state index in [1.807, 2.05) is 19.9 Å². The smallest absolute Gasteiger partial charge is 0.253 e. The highest BCUT2D eigenvalue weighted by Crippen LogP contribution is 2.28. The van der Waals surface area contributed by atoms with Gasteiger partial charge in [0.05, 0.1) is 10.6 Å². The van der Waals surface area contributed by atoms with E-state index in [4.69, 9.17) is 11.6 Å². The van der Waals surface area contributed by atoms with E-state index in [-0.39, 0.29) is 16.9 Å². The van der Waals surface area contributed by atoms with Crippen LogP contribution in [0.4, 0.5) is 0 Å². The molecule has 0 unspecified atom stereocenters. The molecule has 2 nitrogen and oxygen atoms in total. The van der Waals surface area contributed by atoms with E-state index in [0.717, 1.165) is 10.9 Å². The van der Waals surface area contributed by atoms with Crippen molar-refractivity contribution in [3.8, 4) is 0 Å². The van der Waals surface area contributed by atoms with Crippen molar-refractivity contribution in [1.29, 1.82) is 0 Å². The summed E-state index contributed by atoms with van der Waals surface area (Å²) in [6, 6.07) is 5.28. The van der Waals surface area contributed by atoms with Crippen LogP contribution < -0.4 is 5.32 Å². The number of halogens is 2. The second-order valence-corrected chi connectivity index (χ2v) is 8.02. The van der Waals surface area contributed by atoms with Gasteiger partial charge in [0.1, 0.15) is 0 Å². The molecule has 1 rings (SSSR count). The molecule has 0 atom stereocenters. The van der Waals surface area contributed by atoms with Gasteiger partial charge >= 0.3 is 0 Å². The van der Waals surface area contributed by atoms with E-state index in [1.54, 1.807) is 12.1 Å². The highest BCUT2D eigenvalue weighted by Gasteiger charge is 2.27. The second kappa shape index (κ2) is 5.84. The molecule has 4 heteroatoms. The average molecular weight is 347 g/mol. The summed E-state index contributed by atoms with van der Waals surface area (Å²) < 4.78 is 0.843. The molecular formula is C15H21BrClNO. The average Bonchev–Trinajstić information content (AvgIpc) is 2.16. The second-order valence-electron chi connectivity index (χ2n) is 6.70. The summed E-state index contributed by atoms with van der Waals surface area (Å²) in [6.07, 6.45) is 0.886. The van der Waals surface area contributed by atoms with Gasteiger partial charge in [0.2, 0.25) is 0 Å². The van der Waals surface area contributed by atoms with Crippen molar-refractivity contribution >= 4 is 33.4 Å². The van der Waals surface area contributed by atoms with Crippen molar-refractivity contribution in [1.82, 2.24) is 5.32 Å². The van der Waals surface area contributed by atoms with Gasteiger partial charge in [0.25, 0.3) is 5.91 Å². The van der Waals surface area contributed by atoms with E-state index < -0.39 is 0 Å². The summed E-state index contributed by atoms with van der Waals surface area (Å²) in [5.74, 6) is -0.138. The maximum atomic E-state index is 12.3. The normalized spacial score (nSPS) is 12.4. The Morgan fingerprint density at radius 1 is 1.26 bits per heavy atom. The highest BCUT2D eigenvalue weighted by molar-refractivity contribution is 9.10. The number of hydrogen-bond acceptors (Lipinski definition) is 1. The third-order valence-electron chi connectivity index (χ3n) is 2.60. The lowest BCUT2D eigenvalue weighted by Gasteiger charge is -2.33.